The lowest BCUT2D eigenvalue weighted by molar-refractivity contribution is -0.118. The van der Waals surface area contributed by atoms with Gasteiger partial charge in [0, 0.05) is 21.3 Å². The number of carbonyl (C=O) groups is 1. The summed E-state index contributed by atoms with van der Waals surface area (Å²) in [7, 11) is 0. The third-order valence-corrected chi connectivity index (χ3v) is 6.13. The number of aromatic nitrogens is 3. The first-order valence-corrected chi connectivity index (χ1v) is 11.7. The second kappa shape index (κ2) is 10.7. The van der Waals surface area contributed by atoms with E-state index in [1.807, 2.05) is 78.2 Å². The minimum absolute atomic E-state index is 0.128. The molecule has 0 aliphatic rings. The average Bonchev–Trinajstić information content (AvgIpc) is 3.26. The molecule has 0 unspecified atom stereocenters. The average molecular weight is 496 g/mol. The Bertz CT molecular complexity index is 1270. The second-order valence-corrected chi connectivity index (χ2v) is 8.83. The summed E-state index contributed by atoms with van der Waals surface area (Å²) in [5.41, 5.74) is 5.92. The molecule has 0 atom stereocenters. The van der Waals surface area contributed by atoms with E-state index in [1.165, 1.54) is 11.8 Å². The van der Waals surface area contributed by atoms with Gasteiger partial charge >= 0.3 is 0 Å². The van der Waals surface area contributed by atoms with Crippen LogP contribution < -0.4 is 5.43 Å². The van der Waals surface area contributed by atoms with E-state index in [-0.39, 0.29) is 11.7 Å². The molecular formula is C24H19Cl2N5OS. The molecule has 0 spiro atoms. The van der Waals surface area contributed by atoms with Gasteiger partial charge in [0.1, 0.15) is 0 Å². The Hall–Kier alpha value is -3.13. The first kappa shape index (κ1) is 23.0. The standard InChI is InChI=1S/C24H19Cl2N5OS/c1-16(17-7-11-19(25)12-8-17)27-28-22(32)15-33-24-30-29-23(18-9-13-20(26)14-10-18)31(24)21-5-3-2-4-6-21/h2-14H,15H2,1H3,(H,28,32)/b27-16+. The highest BCUT2D eigenvalue weighted by Crippen LogP contribution is 2.28. The molecule has 166 valence electrons. The minimum Gasteiger partial charge on any atom is -0.272 e. The Labute approximate surface area is 205 Å². The molecule has 6 nitrogen and oxygen atoms in total. The molecule has 0 saturated heterocycles. The van der Waals surface area contributed by atoms with Crippen molar-refractivity contribution in [2.45, 2.75) is 12.1 Å². The molecule has 0 saturated carbocycles. The fourth-order valence-corrected chi connectivity index (χ4v) is 4.02. The van der Waals surface area contributed by atoms with Crippen LogP contribution in [0.1, 0.15) is 12.5 Å². The van der Waals surface area contributed by atoms with Crippen molar-refractivity contribution in [1.82, 2.24) is 20.2 Å². The molecule has 0 fully saturated rings. The number of para-hydroxylation sites is 1. The number of nitrogens with one attached hydrogen (secondary N) is 1. The number of hydrazone groups is 1. The fraction of sp³-hybridized carbons (Fsp3) is 0.0833. The zero-order valence-electron chi connectivity index (χ0n) is 17.6. The number of nitrogens with zero attached hydrogens (tertiary/aromatic N) is 4. The van der Waals surface area contributed by atoms with Gasteiger partial charge in [-0.1, -0.05) is 65.3 Å². The number of halogens is 2. The van der Waals surface area contributed by atoms with Crippen molar-refractivity contribution >= 4 is 46.6 Å². The van der Waals surface area contributed by atoms with Gasteiger partial charge in [-0.3, -0.25) is 9.36 Å². The third kappa shape index (κ3) is 5.82. The van der Waals surface area contributed by atoms with Crippen LogP contribution in [0.5, 0.6) is 0 Å². The van der Waals surface area contributed by atoms with Gasteiger partial charge in [-0.25, -0.2) is 5.43 Å². The molecule has 1 amide bonds. The van der Waals surface area contributed by atoms with Crippen molar-refractivity contribution in [1.29, 1.82) is 0 Å². The maximum absolute atomic E-state index is 12.4. The number of benzene rings is 3. The first-order valence-electron chi connectivity index (χ1n) is 10.00. The molecule has 0 aliphatic carbocycles. The molecule has 33 heavy (non-hydrogen) atoms. The number of rotatable bonds is 7. The van der Waals surface area contributed by atoms with Crippen LogP contribution in [-0.2, 0) is 4.79 Å². The van der Waals surface area contributed by atoms with Crippen molar-refractivity contribution in [3.05, 3.63) is 94.5 Å². The SMILES string of the molecule is C/C(=N\NC(=O)CSc1nnc(-c2ccc(Cl)cc2)n1-c1ccccc1)c1ccc(Cl)cc1. The molecule has 9 heteroatoms. The Morgan fingerprint density at radius 3 is 2.24 bits per heavy atom. The topological polar surface area (TPSA) is 72.2 Å². The summed E-state index contributed by atoms with van der Waals surface area (Å²) in [4.78, 5) is 12.4. The summed E-state index contributed by atoms with van der Waals surface area (Å²) < 4.78 is 1.92. The van der Waals surface area contributed by atoms with Gasteiger partial charge in [0.15, 0.2) is 11.0 Å². The van der Waals surface area contributed by atoms with Crippen LogP contribution in [0.3, 0.4) is 0 Å². The van der Waals surface area contributed by atoms with Crippen LogP contribution in [0.2, 0.25) is 10.0 Å². The van der Waals surface area contributed by atoms with Gasteiger partial charge < -0.3 is 0 Å². The van der Waals surface area contributed by atoms with E-state index in [9.17, 15) is 4.79 Å². The van der Waals surface area contributed by atoms with Gasteiger partial charge in [-0.15, -0.1) is 10.2 Å². The largest absolute Gasteiger partial charge is 0.272 e. The fourth-order valence-electron chi connectivity index (χ4n) is 3.02. The lowest BCUT2D eigenvalue weighted by Gasteiger charge is -2.10. The molecule has 4 rings (SSSR count). The summed E-state index contributed by atoms with van der Waals surface area (Å²) in [6.07, 6.45) is 0. The molecule has 1 heterocycles. The first-order chi connectivity index (χ1) is 16.0. The van der Waals surface area contributed by atoms with E-state index in [4.69, 9.17) is 23.2 Å². The highest BCUT2D eigenvalue weighted by molar-refractivity contribution is 7.99. The van der Waals surface area contributed by atoms with Gasteiger partial charge in [0.05, 0.1) is 11.5 Å². The number of hydrogen-bond acceptors (Lipinski definition) is 5. The molecule has 0 aliphatic heterocycles. The van der Waals surface area contributed by atoms with E-state index in [0.717, 1.165) is 16.8 Å². The lowest BCUT2D eigenvalue weighted by atomic mass is 10.1. The number of amides is 1. The van der Waals surface area contributed by atoms with Gasteiger partial charge in [0.25, 0.3) is 5.91 Å². The molecule has 0 radical (unpaired) electrons. The highest BCUT2D eigenvalue weighted by Gasteiger charge is 2.17. The van der Waals surface area contributed by atoms with E-state index in [2.05, 4.69) is 20.7 Å². The smallest absolute Gasteiger partial charge is 0.250 e. The maximum atomic E-state index is 12.4. The van der Waals surface area contributed by atoms with Crippen molar-refractivity contribution < 1.29 is 4.79 Å². The van der Waals surface area contributed by atoms with E-state index in [1.54, 1.807) is 12.1 Å². The van der Waals surface area contributed by atoms with Crippen LogP contribution in [0.4, 0.5) is 0 Å². The third-order valence-electron chi connectivity index (χ3n) is 4.69. The Kier molecular flexibility index (Phi) is 7.44. The predicted octanol–water partition coefficient (Wildman–Crippen LogP) is 5.87. The zero-order valence-corrected chi connectivity index (χ0v) is 19.9. The van der Waals surface area contributed by atoms with Gasteiger partial charge in [0.2, 0.25) is 0 Å². The monoisotopic (exact) mass is 495 g/mol. The molecule has 4 aromatic rings. The zero-order chi connectivity index (χ0) is 23.2. The Balaban J connectivity index is 1.51. The van der Waals surface area contributed by atoms with Crippen molar-refractivity contribution in [2.75, 3.05) is 5.75 Å². The van der Waals surface area contributed by atoms with Crippen molar-refractivity contribution in [2.24, 2.45) is 5.10 Å². The van der Waals surface area contributed by atoms with Gasteiger partial charge in [-0.05, 0) is 61.0 Å². The summed E-state index contributed by atoms with van der Waals surface area (Å²) in [6.45, 7) is 1.82. The molecule has 0 bridgehead atoms. The quantitative estimate of drug-likeness (QED) is 0.197. The number of hydrogen-bond donors (Lipinski definition) is 1. The number of thioether (sulfide) groups is 1. The molecule has 3 aromatic carbocycles. The van der Waals surface area contributed by atoms with E-state index in [0.29, 0.717) is 26.7 Å². The van der Waals surface area contributed by atoms with Crippen molar-refractivity contribution in [3.63, 3.8) is 0 Å². The second-order valence-electron chi connectivity index (χ2n) is 7.01. The summed E-state index contributed by atoms with van der Waals surface area (Å²) in [5.74, 6) is 0.546. The van der Waals surface area contributed by atoms with Crippen LogP contribution in [0.15, 0.2) is 89.1 Å². The van der Waals surface area contributed by atoms with Crippen molar-refractivity contribution in [3.8, 4) is 17.1 Å². The maximum Gasteiger partial charge on any atom is 0.250 e. The Morgan fingerprint density at radius 2 is 1.58 bits per heavy atom. The predicted molar refractivity (Wildman–Crippen MR) is 134 cm³/mol. The van der Waals surface area contributed by atoms with Crippen LogP contribution in [0.25, 0.3) is 17.1 Å². The summed E-state index contributed by atoms with van der Waals surface area (Å²) in [5, 5.41) is 14.8. The normalized spacial score (nSPS) is 11.4. The molecular weight excluding hydrogens is 477 g/mol. The highest BCUT2D eigenvalue weighted by atomic mass is 35.5. The molecule has 1 N–H and O–H groups in total. The summed E-state index contributed by atoms with van der Waals surface area (Å²) in [6, 6.07) is 24.4. The summed E-state index contributed by atoms with van der Waals surface area (Å²) >= 11 is 13.2. The number of carbonyl (C=O) groups excluding carboxylic acids is 1. The Morgan fingerprint density at radius 1 is 0.939 bits per heavy atom. The van der Waals surface area contributed by atoms with Crippen LogP contribution in [-0.4, -0.2) is 32.1 Å². The van der Waals surface area contributed by atoms with E-state index >= 15 is 0 Å². The van der Waals surface area contributed by atoms with Crippen LogP contribution in [0, 0.1) is 0 Å². The minimum atomic E-state index is -0.246. The van der Waals surface area contributed by atoms with E-state index < -0.39 is 0 Å². The molecule has 1 aromatic heterocycles. The lowest BCUT2D eigenvalue weighted by Crippen LogP contribution is -2.21. The van der Waals surface area contributed by atoms with Crippen LogP contribution >= 0.6 is 35.0 Å². The van der Waals surface area contributed by atoms with Gasteiger partial charge in [-0.2, -0.15) is 5.10 Å².